The predicted octanol–water partition coefficient (Wildman–Crippen LogP) is 2.82. The minimum atomic E-state index is -0.374. The number of pyridine rings is 1. The molecule has 0 bridgehead atoms. The summed E-state index contributed by atoms with van der Waals surface area (Å²) in [7, 11) is 0. The fourth-order valence-electron chi connectivity index (χ4n) is 2.21. The van der Waals surface area contributed by atoms with Crippen LogP contribution >= 0.6 is 0 Å². The van der Waals surface area contributed by atoms with Crippen molar-refractivity contribution in [2.75, 3.05) is 0 Å². The molecular formula is C19H15N3O2. The number of carbonyl (C=O) groups is 2. The fourth-order valence-corrected chi connectivity index (χ4v) is 2.21. The van der Waals surface area contributed by atoms with E-state index in [0.717, 1.165) is 11.1 Å². The van der Waals surface area contributed by atoms with Crippen LogP contribution in [0, 0.1) is 0 Å². The van der Waals surface area contributed by atoms with Gasteiger partial charge in [0, 0.05) is 23.5 Å². The largest absolute Gasteiger partial charge is 0.269 e. The Hall–Kier alpha value is -3.47. The van der Waals surface area contributed by atoms with Crippen LogP contribution in [-0.2, 0) is 0 Å². The first kappa shape index (κ1) is 15.4. The minimum absolute atomic E-state index is 0.364. The Kier molecular flexibility index (Phi) is 4.62. The highest BCUT2D eigenvalue weighted by molar-refractivity contribution is 5.99. The second-order valence-corrected chi connectivity index (χ2v) is 5.09. The number of hydrazine groups is 1. The van der Waals surface area contributed by atoms with Gasteiger partial charge in [0.05, 0.1) is 0 Å². The second-order valence-electron chi connectivity index (χ2n) is 5.09. The Morgan fingerprint density at radius 1 is 0.625 bits per heavy atom. The molecule has 2 N–H and O–H groups in total. The summed E-state index contributed by atoms with van der Waals surface area (Å²) in [4.78, 5) is 28.0. The average molecular weight is 317 g/mol. The van der Waals surface area contributed by atoms with E-state index in [4.69, 9.17) is 0 Å². The maximum atomic E-state index is 12.1. The summed E-state index contributed by atoms with van der Waals surface area (Å²) in [6.45, 7) is 0. The molecule has 0 atom stereocenters. The summed E-state index contributed by atoms with van der Waals surface area (Å²) in [5.74, 6) is -0.738. The maximum Gasteiger partial charge on any atom is 0.269 e. The quantitative estimate of drug-likeness (QED) is 0.730. The lowest BCUT2D eigenvalue weighted by molar-refractivity contribution is 0.0846. The van der Waals surface area contributed by atoms with E-state index in [2.05, 4.69) is 15.8 Å². The molecule has 0 saturated carbocycles. The summed E-state index contributed by atoms with van der Waals surface area (Å²) in [5.41, 5.74) is 7.75. The molecule has 2 amide bonds. The molecule has 24 heavy (non-hydrogen) atoms. The Morgan fingerprint density at radius 3 is 1.71 bits per heavy atom. The maximum absolute atomic E-state index is 12.1. The molecule has 0 fully saturated rings. The van der Waals surface area contributed by atoms with Gasteiger partial charge in [-0.3, -0.25) is 25.4 Å². The van der Waals surface area contributed by atoms with Gasteiger partial charge in [-0.15, -0.1) is 0 Å². The number of nitrogens with one attached hydrogen (secondary N) is 2. The third-order valence-corrected chi connectivity index (χ3v) is 3.49. The summed E-state index contributed by atoms with van der Waals surface area (Å²) in [6, 6.07) is 19.6. The monoisotopic (exact) mass is 317 g/mol. The lowest BCUT2D eigenvalue weighted by atomic mass is 10.1. The van der Waals surface area contributed by atoms with Gasteiger partial charge >= 0.3 is 0 Å². The third-order valence-electron chi connectivity index (χ3n) is 3.49. The van der Waals surface area contributed by atoms with Gasteiger partial charge in [0.15, 0.2) is 0 Å². The van der Waals surface area contributed by atoms with E-state index < -0.39 is 0 Å². The van der Waals surface area contributed by atoms with Crippen LogP contribution in [0.1, 0.15) is 20.7 Å². The predicted molar refractivity (Wildman–Crippen MR) is 91.0 cm³/mol. The number of benzene rings is 2. The molecule has 0 spiro atoms. The molecule has 1 heterocycles. The van der Waals surface area contributed by atoms with Crippen LogP contribution < -0.4 is 10.9 Å². The zero-order valence-corrected chi connectivity index (χ0v) is 12.8. The van der Waals surface area contributed by atoms with Crippen LogP contribution in [-0.4, -0.2) is 16.8 Å². The molecule has 0 aliphatic heterocycles. The highest BCUT2D eigenvalue weighted by Gasteiger charge is 2.09. The van der Waals surface area contributed by atoms with Gasteiger partial charge in [0.1, 0.15) is 0 Å². The lowest BCUT2D eigenvalue weighted by Crippen LogP contribution is -2.41. The van der Waals surface area contributed by atoms with E-state index in [0.29, 0.717) is 11.1 Å². The van der Waals surface area contributed by atoms with Crippen molar-refractivity contribution >= 4 is 11.8 Å². The van der Waals surface area contributed by atoms with E-state index in [1.54, 1.807) is 48.8 Å². The normalized spacial score (nSPS) is 10.0. The Labute approximate surface area is 139 Å². The van der Waals surface area contributed by atoms with Gasteiger partial charge in [-0.25, -0.2) is 0 Å². The molecule has 0 saturated heterocycles. The van der Waals surface area contributed by atoms with Crippen LogP contribution in [0.3, 0.4) is 0 Å². The summed E-state index contributed by atoms with van der Waals surface area (Å²) in [6.07, 6.45) is 3.43. The number of hydrogen-bond acceptors (Lipinski definition) is 3. The molecule has 5 nitrogen and oxygen atoms in total. The molecular weight excluding hydrogens is 302 g/mol. The molecule has 5 heteroatoms. The highest BCUT2D eigenvalue weighted by Crippen LogP contribution is 2.18. The number of amides is 2. The van der Waals surface area contributed by atoms with E-state index in [9.17, 15) is 9.59 Å². The number of nitrogens with zero attached hydrogens (tertiary/aromatic N) is 1. The van der Waals surface area contributed by atoms with E-state index in [1.165, 1.54) is 0 Å². The van der Waals surface area contributed by atoms with E-state index >= 15 is 0 Å². The van der Waals surface area contributed by atoms with Crippen molar-refractivity contribution in [1.29, 1.82) is 0 Å². The van der Waals surface area contributed by atoms with Gasteiger partial charge in [0.2, 0.25) is 0 Å². The topological polar surface area (TPSA) is 71.1 Å². The van der Waals surface area contributed by atoms with Crippen LogP contribution in [0.5, 0.6) is 0 Å². The SMILES string of the molecule is O=C(NNC(=O)c1ccc(-c2ccncc2)cc1)c1ccccc1. The smallest absolute Gasteiger partial charge is 0.267 e. The third kappa shape index (κ3) is 3.64. The Balaban J connectivity index is 1.62. The average Bonchev–Trinajstić information content (AvgIpc) is 2.67. The van der Waals surface area contributed by atoms with Gasteiger partial charge < -0.3 is 0 Å². The first-order chi connectivity index (χ1) is 11.7. The summed E-state index contributed by atoms with van der Waals surface area (Å²) < 4.78 is 0. The van der Waals surface area contributed by atoms with Crippen molar-refractivity contribution in [2.45, 2.75) is 0 Å². The minimum Gasteiger partial charge on any atom is -0.267 e. The van der Waals surface area contributed by atoms with E-state index in [1.807, 2.05) is 30.3 Å². The first-order valence-electron chi connectivity index (χ1n) is 7.40. The van der Waals surface area contributed by atoms with Gasteiger partial charge in [-0.2, -0.15) is 0 Å². The first-order valence-corrected chi connectivity index (χ1v) is 7.40. The molecule has 1 aromatic heterocycles. The van der Waals surface area contributed by atoms with Gasteiger partial charge in [0.25, 0.3) is 11.8 Å². The van der Waals surface area contributed by atoms with Crippen LogP contribution in [0.2, 0.25) is 0 Å². The highest BCUT2D eigenvalue weighted by atomic mass is 16.2. The summed E-state index contributed by atoms with van der Waals surface area (Å²) >= 11 is 0. The van der Waals surface area contributed by atoms with E-state index in [-0.39, 0.29) is 11.8 Å². The van der Waals surface area contributed by atoms with Crippen molar-refractivity contribution in [3.63, 3.8) is 0 Å². The lowest BCUT2D eigenvalue weighted by Gasteiger charge is -2.08. The standard InChI is InChI=1S/C19H15N3O2/c23-18(16-4-2-1-3-5-16)21-22-19(24)17-8-6-14(7-9-17)15-10-12-20-13-11-15/h1-13H,(H,21,23)(H,22,24). The van der Waals surface area contributed by atoms with Crippen LogP contribution in [0.25, 0.3) is 11.1 Å². The number of rotatable bonds is 3. The molecule has 0 aliphatic carbocycles. The zero-order chi connectivity index (χ0) is 16.8. The number of hydrogen-bond donors (Lipinski definition) is 2. The molecule has 118 valence electrons. The van der Waals surface area contributed by atoms with Crippen LogP contribution in [0.4, 0.5) is 0 Å². The molecule has 2 aromatic carbocycles. The van der Waals surface area contributed by atoms with Crippen molar-refractivity contribution in [2.24, 2.45) is 0 Å². The zero-order valence-electron chi connectivity index (χ0n) is 12.8. The number of aromatic nitrogens is 1. The Morgan fingerprint density at radius 2 is 1.12 bits per heavy atom. The summed E-state index contributed by atoms with van der Waals surface area (Å²) in [5, 5.41) is 0. The molecule has 0 radical (unpaired) electrons. The van der Waals surface area contributed by atoms with Crippen molar-refractivity contribution in [1.82, 2.24) is 15.8 Å². The Bertz CT molecular complexity index is 832. The van der Waals surface area contributed by atoms with Crippen molar-refractivity contribution in [3.05, 3.63) is 90.3 Å². The molecule has 0 aliphatic rings. The van der Waals surface area contributed by atoms with Gasteiger partial charge in [-0.05, 0) is 47.5 Å². The molecule has 3 aromatic rings. The van der Waals surface area contributed by atoms with Crippen LogP contribution in [0.15, 0.2) is 79.1 Å². The van der Waals surface area contributed by atoms with Gasteiger partial charge in [-0.1, -0.05) is 30.3 Å². The van der Waals surface area contributed by atoms with Crippen molar-refractivity contribution in [3.8, 4) is 11.1 Å². The molecule has 3 rings (SSSR count). The second kappa shape index (κ2) is 7.19. The van der Waals surface area contributed by atoms with Crippen molar-refractivity contribution < 1.29 is 9.59 Å². The fraction of sp³-hybridized carbons (Fsp3) is 0. The number of carbonyl (C=O) groups excluding carboxylic acids is 2. The molecule has 0 unspecified atom stereocenters.